The average Bonchev–Trinajstić information content (AvgIpc) is 3.65. The lowest BCUT2D eigenvalue weighted by atomic mass is 9.97. The topological polar surface area (TPSA) is 92.5 Å². The molecular weight excluding hydrogens is 514 g/mol. The van der Waals surface area contributed by atoms with Crippen LogP contribution in [0.3, 0.4) is 0 Å². The van der Waals surface area contributed by atoms with Crippen molar-refractivity contribution in [3.05, 3.63) is 108 Å². The Morgan fingerprint density at radius 1 is 1.00 bits per heavy atom. The molecule has 5 aromatic rings. The third kappa shape index (κ3) is 4.47. The first-order chi connectivity index (χ1) is 19.3. The van der Waals surface area contributed by atoms with E-state index in [0.717, 1.165) is 31.0 Å². The van der Waals surface area contributed by atoms with Crippen LogP contribution >= 0.6 is 0 Å². The van der Waals surface area contributed by atoms with Gasteiger partial charge < -0.3 is 5.32 Å². The number of carbonyl (C=O) groups excluding carboxylic acids is 2. The summed E-state index contributed by atoms with van der Waals surface area (Å²) in [5.41, 5.74) is 3.41. The van der Waals surface area contributed by atoms with Crippen LogP contribution in [0.4, 0.5) is 8.87 Å². The first-order valence-electron chi connectivity index (χ1n) is 12.7. The summed E-state index contributed by atoms with van der Waals surface area (Å²) in [6.45, 7) is 1.92. The van der Waals surface area contributed by atoms with Crippen molar-refractivity contribution in [1.82, 2.24) is 30.0 Å². The first kappa shape index (κ1) is 25.3. The SMILES string of the molecule is Cc1ccc(C(=O)NC2(c3ncccn3)CC2)cc1-c1ccn2nc(-c3ccc(F)cc3)c(C(=O)N(C)F)c2c1. The molecule has 1 aliphatic rings. The van der Waals surface area contributed by atoms with E-state index in [1.807, 2.05) is 19.1 Å². The molecule has 1 aliphatic carbocycles. The number of hydrogen-bond donors (Lipinski definition) is 1. The van der Waals surface area contributed by atoms with Gasteiger partial charge in [0.05, 0.1) is 11.1 Å². The van der Waals surface area contributed by atoms with E-state index < -0.39 is 17.3 Å². The van der Waals surface area contributed by atoms with E-state index in [-0.39, 0.29) is 22.3 Å². The number of pyridine rings is 1. The predicted octanol–water partition coefficient (Wildman–Crippen LogP) is 5.28. The van der Waals surface area contributed by atoms with Crippen LogP contribution in [0.15, 0.2) is 79.3 Å². The predicted molar refractivity (Wildman–Crippen MR) is 144 cm³/mol. The third-order valence-electron chi connectivity index (χ3n) is 7.15. The van der Waals surface area contributed by atoms with E-state index >= 15 is 0 Å². The molecule has 0 saturated heterocycles. The fourth-order valence-corrected chi connectivity index (χ4v) is 4.83. The van der Waals surface area contributed by atoms with Crippen LogP contribution in [0.1, 0.15) is 44.9 Å². The molecule has 3 aromatic heterocycles. The average molecular weight is 539 g/mol. The molecule has 3 heterocycles. The number of fused-ring (bicyclic) bond motifs is 1. The minimum Gasteiger partial charge on any atom is -0.339 e. The van der Waals surface area contributed by atoms with Gasteiger partial charge in [-0.15, -0.1) is 0 Å². The number of carbonyl (C=O) groups is 2. The van der Waals surface area contributed by atoms with E-state index in [0.29, 0.717) is 28.0 Å². The van der Waals surface area contributed by atoms with Crippen LogP contribution in [-0.4, -0.2) is 43.6 Å². The number of aromatic nitrogens is 4. The van der Waals surface area contributed by atoms with Gasteiger partial charge in [-0.25, -0.2) is 18.9 Å². The van der Waals surface area contributed by atoms with Crippen molar-refractivity contribution < 1.29 is 18.5 Å². The fraction of sp³-hybridized carbons (Fsp3) is 0.167. The van der Waals surface area contributed by atoms with Gasteiger partial charge in [0, 0.05) is 36.8 Å². The van der Waals surface area contributed by atoms with Gasteiger partial charge in [0.1, 0.15) is 17.1 Å². The molecule has 2 aromatic carbocycles. The summed E-state index contributed by atoms with van der Waals surface area (Å²) in [6.07, 6.45) is 6.51. The van der Waals surface area contributed by atoms with Crippen molar-refractivity contribution >= 4 is 17.3 Å². The standard InChI is InChI=1S/C30H24F2N6O2/c1-18-4-5-21(27(39)35-30(11-12-30)29-33-13-3-14-34-29)16-23(18)20-10-15-38-24(17-20)25(28(40)37(2)32)26(36-38)19-6-8-22(31)9-7-19/h3-10,13-17H,11-12H2,1-2H3,(H,35,39). The summed E-state index contributed by atoms with van der Waals surface area (Å²) >= 11 is 0. The lowest BCUT2D eigenvalue weighted by molar-refractivity contribution is 0.0346. The maximum Gasteiger partial charge on any atom is 0.285 e. The summed E-state index contributed by atoms with van der Waals surface area (Å²) in [4.78, 5) is 34.9. The van der Waals surface area contributed by atoms with Crippen LogP contribution in [-0.2, 0) is 5.54 Å². The van der Waals surface area contributed by atoms with Crippen molar-refractivity contribution in [2.24, 2.45) is 0 Å². The van der Waals surface area contributed by atoms with Crippen LogP contribution in [0.2, 0.25) is 0 Å². The van der Waals surface area contributed by atoms with Crippen LogP contribution in [0.25, 0.3) is 27.9 Å². The van der Waals surface area contributed by atoms with Crippen molar-refractivity contribution in [3.8, 4) is 22.4 Å². The van der Waals surface area contributed by atoms with Crippen molar-refractivity contribution in [3.63, 3.8) is 0 Å². The number of hydrogen-bond acceptors (Lipinski definition) is 5. The van der Waals surface area contributed by atoms with E-state index in [1.54, 1.807) is 42.9 Å². The number of rotatable bonds is 6. The molecule has 0 bridgehead atoms. The largest absolute Gasteiger partial charge is 0.339 e. The highest BCUT2D eigenvalue weighted by Crippen LogP contribution is 2.44. The van der Waals surface area contributed by atoms with Crippen LogP contribution < -0.4 is 5.32 Å². The first-order valence-corrected chi connectivity index (χ1v) is 12.7. The van der Waals surface area contributed by atoms with Crippen molar-refractivity contribution in [2.75, 3.05) is 7.05 Å². The second-order valence-electron chi connectivity index (χ2n) is 9.90. The summed E-state index contributed by atoms with van der Waals surface area (Å²) in [6, 6.07) is 16.2. The summed E-state index contributed by atoms with van der Waals surface area (Å²) in [5.74, 6) is -0.971. The highest BCUT2D eigenvalue weighted by atomic mass is 19.2. The Morgan fingerprint density at radius 2 is 1.73 bits per heavy atom. The van der Waals surface area contributed by atoms with Gasteiger partial charge in [0.15, 0.2) is 5.82 Å². The summed E-state index contributed by atoms with van der Waals surface area (Å²) < 4.78 is 29.2. The van der Waals surface area contributed by atoms with E-state index in [4.69, 9.17) is 0 Å². The Labute approximate surface area is 228 Å². The molecule has 0 radical (unpaired) electrons. The van der Waals surface area contributed by atoms with Gasteiger partial charge >= 0.3 is 0 Å². The Hall–Kier alpha value is -4.99. The zero-order valence-corrected chi connectivity index (χ0v) is 21.7. The molecular formula is C30H24F2N6O2. The highest BCUT2D eigenvalue weighted by molar-refractivity contribution is 6.06. The molecule has 0 spiro atoms. The Morgan fingerprint density at radius 3 is 2.40 bits per heavy atom. The summed E-state index contributed by atoms with van der Waals surface area (Å²) in [5, 5.41) is 7.59. The molecule has 0 aliphatic heterocycles. The Balaban J connectivity index is 1.40. The molecule has 0 atom stereocenters. The number of benzene rings is 2. The van der Waals surface area contributed by atoms with Crippen molar-refractivity contribution in [1.29, 1.82) is 0 Å². The zero-order valence-electron chi connectivity index (χ0n) is 21.7. The molecule has 40 heavy (non-hydrogen) atoms. The number of halogens is 2. The molecule has 6 rings (SSSR count). The smallest absolute Gasteiger partial charge is 0.285 e. The van der Waals surface area contributed by atoms with E-state index in [1.165, 1.54) is 28.8 Å². The van der Waals surface area contributed by atoms with Gasteiger partial charge in [-0.3, -0.25) is 9.59 Å². The van der Waals surface area contributed by atoms with Gasteiger partial charge in [-0.05, 0) is 91.1 Å². The monoisotopic (exact) mass is 538 g/mol. The number of nitrogens with one attached hydrogen (secondary N) is 1. The number of amides is 2. The molecule has 1 N–H and O–H groups in total. The zero-order chi connectivity index (χ0) is 28.0. The maximum atomic E-state index is 14.2. The van der Waals surface area contributed by atoms with Crippen molar-refractivity contribution in [2.45, 2.75) is 25.3 Å². The minimum absolute atomic E-state index is 0.00289. The highest BCUT2D eigenvalue weighted by Gasteiger charge is 2.48. The Kier molecular flexibility index (Phi) is 6.10. The molecule has 10 heteroatoms. The van der Waals surface area contributed by atoms with Gasteiger partial charge in [-0.2, -0.15) is 10.2 Å². The van der Waals surface area contributed by atoms with E-state index in [2.05, 4.69) is 20.4 Å². The van der Waals surface area contributed by atoms with Crippen LogP contribution in [0.5, 0.6) is 0 Å². The second kappa shape index (κ2) is 9.64. The molecule has 8 nitrogen and oxygen atoms in total. The van der Waals surface area contributed by atoms with Gasteiger partial charge in [-0.1, -0.05) is 10.5 Å². The molecule has 0 unspecified atom stereocenters. The minimum atomic E-state index is -0.880. The molecule has 200 valence electrons. The Bertz CT molecular complexity index is 1760. The lowest BCUT2D eigenvalue weighted by Crippen LogP contribution is -2.36. The summed E-state index contributed by atoms with van der Waals surface area (Å²) in [7, 11) is 1.02. The molecule has 1 saturated carbocycles. The van der Waals surface area contributed by atoms with Crippen LogP contribution in [0, 0.1) is 12.7 Å². The molecule has 2 amide bonds. The molecule has 1 fully saturated rings. The third-order valence-corrected chi connectivity index (χ3v) is 7.15. The van der Waals surface area contributed by atoms with Gasteiger partial charge in [0.2, 0.25) is 0 Å². The quantitative estimate of drug-likeness (QED) is 0.297. The number of nitrogens with zero attached hydrogens (tertiary/aromatic N) is 5. The maximum absolute atomic E-state index is 14.2. The lowest BCUT2D eigenvalue weighted by Gasteiger charge is -2.17. The van der Waals surface area contributed by atoms with E-state index in [9.17, 15) is 18.5 Å². The van der Waals surface area contributed by atoms with Gasteiger partial charge in [0.25, 0.3) is 11.8 Å². The fourth-order valence-electron chi connectivity index (χ4n) is 4.83. The normalized spacial score (nSPS) is 13.7. The number of aryl methyl sites for hydroxylation is 1. The second-order valence-corrected chi connectivity index (χ2v) is 9.90.